The van der Waals surface area contributed by atoms with E-state index in [0.29, 0.717) is 5.78 Å². The van der Waals surface area contributed by atoms with Crippen molar-refractivity contribution in [3.05, 3.63) is 0 Å². The summed E-state index contributed by atoms with van der Waals surface area (Å²) in [4.78, 5) is 12.0. The lowest BCUT2D eigenvalue weighted by Gasteiger charge is -2.27. The number of hydrogen-bond donors (Lipinski definition) is 0. The van der Waals surface area contributed by atoms with Gasteiger partial charge in [-0.05, 0) is 68.1 Å². The fourth-order valence-electron chi connectivity index (χ4n) is 4.44. The molecule has 0 radical (unpaired) electrons. The highest BCUT2D eigenvalue weighted by Gasteiger charge is 2.39. The summed E-state index contributed by atoms with van der Waals surface area (Å²) in [5.74, 6) is 5.34. The van der Waals surface area contributed by atoms with E-state index in [-0.39, 0.29) is 5.92 Å². The SMILES string of the molecule is CCC(C)C(=O)CCC1CC2CC(C)C(C)CC1C2. The minimum atomic E-state index is 0.280. The third-order valence-electron chi connectivity index (χ3n) is 6.21. The average Bonchev–Trinajstić information content (AvgIpc) is 2.69. The second-order valence-corrected chi connectivity index (χ2v) is 7.60. The Bertz CT molecular complexity index is 309. The van der Waals surface area contributed by atoms with Crippen LogP contribution in [-0.2, 0) is 4.79 Å². The van der Waals surface area contributed by atoms with Crippen LogP contribution in [0.1, 0.15) is 72.6 Å². The Balaban J connectivity index is 1.85. The number of ketones is 1. The molecule has 0 N–H and O–H groups in total. The molecule has 0 aromatic heterocycles. The molecule has 0 aliphatic heterocycles. The summed E-state index contributed by atoms with van der Waals surface area (Å²) in [6.45, 7) is 9.09. The zero-order chi connectivity index (χ0) is 14.0. The quantitative estimate of drug-likeness (QED) is 0.676. The smallest absolute Gasteiger partial charge is 0.135 e. The van der Waals surface area contributed by atoms with Gasteiger partial charge in [0.1, 0.15) is 5.78 Å². The Morgan fingerprint density at radius 2 is 1.79 bits per heavy atom. The molecular weight excluding hydrogens is 232 g/mol. The molecule has 0 saturated heterocycles. The second kappa shape index (κ2) is 6.41. The van der Waals surface area contributed by atoms with Crippen molar-refractivity contribution < 1.29 is 4.79 Å². The van der Waals surface area contributed by atoms with Gasteiger partial charge in [0.05, 0.1) is 0 Å². The number of carbonyl (C=O) groups is 1. The van der Waals surface area contributed by atoms with Crippen molar-refractivity contribution in [2.75, 3.05) is 0 Å². The van der Waals surface area contributed by atoms with Crippen LogP contribution in [-0.4, -0.2) is 5.78 Å². The van der Waals surface area contributed by atoms with Crippen molar-refractivity contribution >= 4 is 5.78 Å². The van der Waals surface area contributed by atoms with Crippen LogP contribution in [0.4, 0.5) is 0 Å². The van der Waals surface area contributed by atoms with E-state index in [0.717, 1.165) is 42.4 Å². The first-order chi connectivity index (χ1) is 9.01. The summed E-state index contributed by atoms with van der Waals surface area (Å²) >= 11 is 0. The molecule has 2 aliphatic rings. The predicted octanol–water partition coefficient (Wildman–Crippen LogP) is 5.09. The lowest BCUT2D eigenvalue weighted by Crippen LogP contribution is -2.19. The van der Waals surface area contributed by atoms with Crippen molar-refractivity contribution in [3.63, 3.8) is 0 Å². The number of carbonyl (C=O) groups excluding carboxylic acids is 1. The molecule has 0 aromatic carbocycles. The Kier molecular flexibility index (Phi) is 5.09. The van der Waals surface area contributed by atoms with Gasteiger partial charge in [-0.1, -0.05) is 27.7 Å². The molecule has 1 nitrogen and oxygen atoms in total. The first-order valence-corrected chi connectivity index (χ1v) is 8.53. The van der Waals surface area contributed by atoms with E-state index in [4.69, 9.17) is 0 Å². The van der Waals surface area contributed by atoms with Crippen LogP contribution in [0.3, 0.4) is 0 Å². The minimum Gasteiger partial charge on any atom is -0.299 e. The van der Waals surface area contributed by atoms with Crippen LogP contribution in [0, 0.1) is 35.5 Å². The standard InChI is InChI=1S/C18H32O/c1-5-12(2)18(19)7-6-16-10-15-8-13(3)14(4)9-17(16)11-15/h12-17H,5-11H2,1-4H3. The zero-order valence-electron chi connectivity index (χ0n) is 13.3. The zero-order valence-corrected chi connectivity index (χ0v) is 13.3. The lowest BCUT2D eigenvalue weighted by atomic mass is 9.78. The van der Waals surface area contributed by atoms with Gasteiger partial charge in [-0.15, -0.1) is 0 Å². The largest absolute Gasteiger partial charge is 0.299 e. The minimum absolute atomic E-state index is 0.280. The van der Waals surface area contributed by atoms with E-state index in [1.54, 1.807) is 0 Å². The Hall–Kier alpha value is -0.330. The van der Waals surface area contributed by atoms with E-state index in [2.05, 4.69) is 27.7 Å². The third kappa shape index (κ3) is 3.61. The molecule has 2 saturated carbocycles. The summed E-state index contributed by atoms with van der Waals surface area (Å²) in [6, 6.07) is 0. The maximum atomic E-state index is 12.0. The van der Waals surface area contributed by atoms with Crippen LogP contribution in [0.15, 0.2) is 0 Å². The highest BCUT2D eigenvalue weighted by atomic mass is 16.1. The summed E-state index contributed by atoms with van der Waals surface area (Å²) in [7, 11) is 0. The van der Waals surface area contributed by atoms with Crippen LogP contribution >= 0.6 is 0 Å². The maximum Gasteiger partial charge on any atom is 0.135 e. The van der Waals surface area contributed by atoms with E-state index in [1.807, 2.05) is 0 Å². The average molecular weight is 264 g/mol. The van der Waals surface area contributed by atoms with Gasteiger partial charge in [-0.2, -0.15) is 0 Å². The fraction of sp³-hybridized carbons (Fsp3) is 0.944. The van der Waals surface area contributed by atoms with Crippen molar-refractivity contribution in [2.45, 2.75) is 72.6 Å². The Morgan fingerprint density at radius 1 is 1.11 bits per heavy atom. The van der Waals surface area contributed by atoms with Crippen molar-refractivity contribution in [3.8, 4) is 0 Å². The predicted molar refractivity (Wildman–Crippen MR) is 81.0 cm³/mol. The first kappa shape index (κ1) is 15.1. The van der Waals surface area contributed by atoms with Gasteiger partial charge in [0, 0.05) is 12.3 Å². The van der Waals surface area contributed by atoms with E-state index < -0.39 is 0 Å². The molecule has 19 heavy (non-hydrogen) atoms. The molecule has 6 atom stereocenters. The van der Waals surface area contributed by atoms with E-state index in [9.17, 15) is 4.79 Å². The van der Waals surface area contributed by atoms with Crippen molar-refractivity contribution in [2.24, 2.45) is 35.5 Å². The molecular formula is C18H32O. The maximum absolute atomic E-state index is 12.0. The van der Waals surface area contributed by atoms with E-state index in [1.165, 1.54) is 32.1 Å². The van der Waals surface area contributed by atoms with Crippen LogP contribution in [0.25, 0.3) is 0 Å². The molecule has 2 rings (SSSR count). The number of rotatable bonds is 5. The molecule has 0 spiro atoms. The first-order valence-electron chi connectivity index (χ1n) is 8.53. The second-order valence-electron chi connectivity index (χ2n) is 7.60. The topological polar surface area (TPSA) is 17.1 Å². The summed E-state index contributed by atoms with van der Waals surface area (Å²) in [6.07, 6.45) is 8.74. The molecule has 110 valence electrons. The Morgan fingerprint density at radius 3 is 2.47 bits per heavy atom. The number of fused-ring (bicyclic) bond motifs is 2. The molecule has 2 aliphatic carbocycles. The van der Waals surface area contributed by atoms with Gasteiger partial charge >= 0.3 is 0 Å². The molecule has 0 amide bonds. The van der Waals surface area contributed by atoms with Crippen LogP contribution < -0.4 is 0 Å². The number of hydrogen-bond acceptors (Lipinski definition) is 1. The number of Topliss-reactive ketones (excluding diaryl/α,β-unsaturated/α-hetero) is 1. The van der Waals surface area contributed by atoms with E-state index >= 15 is 0 Å². The van der Waals surface area contributed by atoms with Crippen molar-refractivity contribution in [1.29, 1.82) is 0 Å². The molecule has 2 fully saturated rings. The fourth-order valence-corrected chi connectivity index (χ4v) is 4.44. The summed E-state index contributed by atoms with van der Waals surface area (Å²) in [5, 5.41) is 0. The molecule has 0 aromatic rings. The monoisotopic (exact) mass is 264 g/mol. The Labute approximate surface area is 119 Å². The van der Waals surface area contributed by atoms with Crippen LogP contribution in [0.2, 0.25) is 0 Å². The lowest BCUT2D eigenvalue weighted by molar-refractivity contribution is -0.122. The summed E-state index contributed by atoms with van der Waals surface area (Å²) < 4.78 is 0. The van der Waals surface area contributed by atoms with Crippen LogP contribution in [0.5, 0.6) is 0 Å². The molecule has 2 bridgehead atoms. The van der Waals surface area contributed by atoms with Gasteiger partial charge in [0.2, 0.25) is 0 Å². The molecule has 1 heteroatoms. The summed E-state index contributed by atoms with van der Waals surface area (Å²) in [5.41, 5.74) is 0. The van der Waals surface area contributed by atoms with Gasteiger partial charge in [0.25, 0.3) is 0 Å². The third-order valence-corrected chi connectivity index (χ3v) is 6.21. The van der Waals surface area contributed by atoms with Gasteiger partial charge in [-0.3, -0.25) is 4.79 Å². The van der Waals surface area contributed by atoms with Gasteiger partial charge in [-0.25, -0.2) is 0 Å². The van der Waals surface area contributed by atoms with Gasteiger partial charge in [0.15, 0.2) is 0 Å². The van der Waals surface area contributed by atoms with Gasteiger partial charge < -0.3 is 0 Å². The van der Waals surface area contributed by atoms with Crippen molar-refractivity contribution in [1.82, 2.24) is 0 Å². The highest BCUT2D eigenvalue weighted by molar-refractivity contribution is 5.80. The molecule has 0 heterocycles. The highest BCUT2D eigenvalue weighted by Crippen LogP contribution is 2.49. The molecule has 6 unspecified atom stereocenters. The normalized spacial score (nSPS) is 39.9.